The highest BCUT2D eigenvalue weighted by atomic mass is 35.5. The van der Waals surface area contributed by atoms with Crippen LogP contribution in [0.1, 0.15) is 39.0 Å². The molecule has 1 aliphatic rings. The van der Waals surface area contributed by atoms with Crippen molar-refractivity contribution >= 4 is 23.4 Å². The average molecular weight is 298 g/mol. The van der Waals surface area contributed by atoms with Gasteiger partial charge in [0.2, 0.25) is 0 Å². The van der Waals surface area contributed by atoms with E-state index in [4.69, 9.17) is 11.6 Å². The first kappa shape index (κ1) is 15.2. The minimum atomic E-state index is 0.658. The van der Waals surface area contributed by atoms with Gasteiger partial charge in [-0.2, -0.15) is 0 Å². The third-order valence-corrected chi connectivity index (χ3v) is 5.22. The molecule has 106 valence electrons. The Labute approximate surface area is 126 Å². The van der Waals surface area contributed by atoms with Gasteiger partial charge in [-0.05, 0) is 49.6 Å². The lowest BCUT2D eigenvalue weighted by Crippen LogP contribution is -2.35. The molecule has 1 nitrogen and oxygen atoms in total. The van der Waals surface area contributed by atoms with Gasteiger partial charge in [0.05, 0.1) is 0 Å². The van der Waals surface area contributed by atoms with Crippen molar-refractivity contribution in [2.75, 3.05) is 12.3 Å². The lowest BCUT2D eigenvalue weighted by Gasteiger charge is -2.30. The molecule has 0 aromatic heterocycles. The van der Waals surface area contributed by atoms with Crippen LogP contribution in [-0.2, 0) is 0 Å². The first-order valence-corrected chi connectivity index (χ1v) is 8.76. The second-order valence-corrected chi connectivity index (χ2v) is 6.98. The van der Waals surface area contributed by atoms with Gasteiger partial charge in [-0.15, -0.1) is 11.8 Å². The summed E-state index contributed by atoms with van der Waals surface area (Å²) in [5, 5.41) is 4.52. The van der Waals surface area contributed by atoms with Gasteiger partial charge < -0.3 is 5.32 Å². The molecule has 1 aromatic carbocycles. The molecule has 1 saturated carbocycles. The van der Waals surface area contributed by atoms with Crippen molar-refractivity contribution in [3.63, 3.8) is 0 Å². The monoisotopic (exact) mass is 297 g/mol. The van der Waals surface area contributed by atoms with Crippen molar-refractivity contribution in [2.24, 2.45) is 5.92 Å². The zero-order valence-corrected chi connectivity index (χ0v) is 13.3. The predicted octanol–water partition coefficient (Wildman–Crippen LogP) is 4.99. The summed E-state index contributed by atoms with van der Waals surface area (Å²) in [6.07, 6.45) is 6.88. The molecule has 19 heavy (non-hydrogen) atoms. The topological polar surface area (TPSA) is 12.0 Å². The van der Waals surface area contributed by atoms with E-state index in [1.807, 2.05) is 23.9 Å². The van der Waals surface area contributed by atoms with Crippen molar-refractivity contribution in [1.29, 1.82) is 0 Å². The van der Waals surface area contributed by atoms with Gasteiger partial charge >= 0.3 is 0 Å². The standard InChI is InChI=1S/C16H24ClNS/c1-2-10-18-15(11-13-4-3-5-13)12-19-16-8-6-14(17)7-9-16/h6-9,13,15,18H,2-5,10-12H2,1H3. The maximum Gasteiger partial charge on any atom is 0.0406 e. The van der Waals surface area contributed by atoms with Crippen LogP contribution in [0.2, 0.25) is 5.02 Å². The largest absolute Gasteiger partial charge is 0.313 e. The van der Waals surface area contributed by atoms with E-state index in [9.17, 15) is 0 Å². The zero-order chi connectivity index (χ0) is 13.5. The molecular formula is C16H24ClNS. The summed E-state index contributed by atoms with van der Waals surface area (Å²) in [5.41, 5.74) is 0. The van der Waals surface area contributed by atoms with E-state index in [2.05, 4.69) is 24.4 Å². The Morgan fingerprint density at radius 3 is 2.63 bits per heavy atom. The van der Waals surface area contributed by atoms with E-state index >= 15 is 0 Å². The Bertz CT molecular complexity index is 362. The summed E-state index contributed by atoms with van der Waals surface area (Å²) in [6, 6.07) is 8.85. The minimum Gasteiger partial charge on any atom is -0.313 e. The normalized spacial score (nSPS) is 17.2. The van der Waals surface area contributed by atoms with E-state index in [0.717, 1.165) is 23.2 Å². The summed E-state index contributed by atoms with van der Waals surface area (Å²) < 4.78 is 0. The van der Waals surface area contributed by atoms with Gasteiger partial charge in [-0.1, -0.05) is 37.8 Å². The van der Waals surface area contributed by atoms with Crippen LogP contribution in [0.25, 0.3) is 0 Å². The van der Waals surface area contributed by atoms with Crippen LogP contribution in [0.15, 0.2) is 29.2 Å². The highest BCUT2D eigenvalue weighted by molar-refractivity contribution is 7.99. The molecule has 1 atom stereocenters. The van der Waals surface area contributed by atoms with Crippen LogP contribution in [0.3, 0.4) is 0 Å². The number of thioether (sulfide) groups is 1. The van der Waals surface area contributed by atoms with Crippen LogP contribution >= 0.6 is 23.4 Å². The molecule has 1 aliphatic carbocycles. The number of hydrogen-bond acceptors (Lipinski definition) is 2. The SMILES string of the molecule is CCCNC(CSc1ccc(Cl)cc1)CC1CCC1. The van der Waals surface area contributed by atoms with E-state index < -0.39 is 0 Å². The van der Waals surface area contributed by atoms with Gasteiger partial charge in [0.1, 0.15) is 0 Å². The third-order valence-electron chi connectivity index (χ3n) is 3.79. The first-order valence-electron chi connectivity index (χ1n) is 7.39. The van der Waals surface area contributed by atoms with Crippen LogP contribution in [0, 0.1) is 5.92 Å². The predicted molar refractivity (Wildman–Crippen MR) is 86.2 cm³/mol. The Balaban J connectivity index is 1.78. The lowest BCUT2D eigenvalue weighted by molar-refractivity contribution is 0.268. The third kappa shape index (κ3) is 5.37. The Morgan fingerprint density at radius 2 is 2.05 bits per heavy atom. The highest BCUT2D eigenvalue weighted by Crippen LogP contribution is 2.32. The van der Waals surface area contributed by atoms with Crippen LogP contribution in [0.5, 0.6) is 0 Å². The number of nitrogens with one attached hydrogen (secondary N) is 1. The molecule has 0 spiro atoms. The van der Waals surface area contributed by atoms with Crippen molar-refractivity contribution < 1.29 is 0 Å². The second kappa shape index (κ2) is 8.18. The van der Waals surface area contributed by atoms with Crippen molar-refractivity contribution in [2.45, 2.75) is 50.0 Å². The maximum absolute atomic E-state index is 5.92. The second-order valence-electron chi connectivity index (χ2n) is 5.45. The fourth-order valence-electron chi connectivity index (χ4n) is 2.42. The van der Waals surface area contributed by atoms with E-state index in [1.54, 1.807) is 0 Å². The molecular weight excluding hydrogens is 274 g/mol. The Hall–Kier alpha value is -0.180. The molecule has 2 rings (SSSR count). The minimum absolute atomic E-state index is 0.658. The molecule has 0 aliphatic heterocycles. The number of benzene rings is 1. The number of rotatable bonds is 8. The Morgan fingerprint density at radius 1 is 1.32 bits per heavy atom. The summed E-state index contributed by atoms with van der Waals surface area (Å²) in [7, 11) is 0. The van der Waals surface area contributed by atoms with Crippen LogP contribution in [-0.4, -0.2) is 18.3 Å². The summed E-state index contributed by atoms with van der Waals surface area (Å²) in [5.74, 6) is 2.14. The fourth-order valence-corrected chi connectivity index (χ4v) is 3.52. The summed E-state index contributed by atoms with van der Waals surface area (Å²) in [6.45, 7) is 3.37. The molecule has 1 N–H and O–H groups in total. The van der Waals surface area contributed by atoms with Crippen molar-refractivity contribution in [3.05, 3.63) is 29.3 Å². The molecule has 1 fully saturated rings. The maximum atomic E-state index is 5.92. The van der Waals surface area contributed by atoms with Gasteiger partial charge in [0.25, 0.3) is 0 Å². The summed E-state index contributed by atoms with van der Waals surface area (Å²) in [4.78, 5) is 1.32. The zero-order valence-electron chi connectivity index (χ0n) is 11.7. The van der Waals surface area contributed by atoms with Gasteiger partial charge in [0.15, 0.2) is 0 Å². The molecule has 1 aromatic rings. The molecule has 0 radical (unpaired) electrons. The van der Waals surface area contributed by atoms with Crippen molar-refractivity contribution in [3.8, 4) is 0 Å². The molecule has 0 heterocycles. The van der Waals surface area contributed by atoms with E-state index in [-0.39, 0.29) is 0 Å². The van der Waals surface area contributed by atoms with E-state index in [0.29, 0.717) is 6.04 Å². The molecule has 0 bridgehead atoms. The quantitative estimate of drug-likeness (QED) is 0.678. The van der Waals surface area contributed by atoms with Gasteiger partial charge in [0, 0.05) is 21.7 Å². The number of halogens is 1. The number of hydrogen-bond donors (Lipinski definition) is 1. The lowest BCUT2D eigenvalue weighted by atomic mass is 9.81. The first-order chi connectivity index (χ1) is 9.28. The van der Waals surface area contributed by atoms with Crippen LogP contribution < -0.4 is 5.32 Å². The molecule has 1 unspecified atom stereocenters. The molecule has 3 heteroatoms. The van der Waals surface area contributed by atoms with Gasteiger partial charge in [-0.3, -0.25) is 0 Å². The average Bonchev–Trinajstić information content (AvgIpc) is 2.38. The Kier molecular flexibility index (Phi) is 6.55. The van der Waals surface area contributed by atoms with Crippen LogP contribution in [0.4, 0.5) is 0 Å². The molecule has 0 saturated heterocycles. The highest BCUT2D eigenvalue weighted by Gasteiger charge is 2.21. The molecule has 0 amide bonds. The van der Waals surface area contributed by atoms with Gasteiger partial charge in [-0.25, -0.2) is 0 Å². The fraction of sp³-hybridized carbons (Fsp3) is 0.625. The summed E-state index contributed by atoms with van der Waals surface area (Å²) >= 11 is 7.86. The smallest absolute Gasteiger partial charge is 0.0406 e. The van der Waals surface area contributed by atoms with E-state index in [1.165, 1.54) is 37.0 Å². The van der Waals surface area contributed by atoms with Crippen molar-refractivity contribution in [1.82, 2.24) is 5.32 Å².